The predicted molar refractivity (Wildman–Crippen MR) is 133 cm³/mol. The molecule has 6 nitrogen and oxygen atoms in total. The van der Waals surface area contributed by atoms with Crippen molar-refractivity contribution in [2.45, 2.75) is 20.0 Å². The molecule has 1 saturated heterocycles. The molecule has 0 spiro atoms. The number of anilines is 1. The van der Waals surface area contributed by atoms with Gasteiger partial charge in [-0.15, -0.1) is 22.7 Å². The Balaban J connectivity index is 1.36. The van der Waals surface area contributed by atoms with E-state index in [0.29, 0.717) is 17.8 Å². The van der Waals surface area contributed by atoms with E-state index in [-0.39, 0.29) is 5.56 Å². The molecule has 166 valence electrons. The van der Waals surface area contributed by atoms with E-state index in [1.54, 1.807) is 11.3 Å². The predicted octanol–water partition coefficient (Wildman–Crippen LogP) is 4.49. The molecule has 0 saturated carbocycles. The van der Waals surface area contributed by atoms with Gasteiger partial charge in [-0.25, -0.2) is 4.98 Å². The van der Waals surface area contributed by atoms with Crippen LogP contribution in [0.5, 0.6) is 0 Å². The van der Waals surface area contributed by atoms with Gasteiger partial charge >= 0.3 is 0 Å². The molecule has 0 radical (unpaired) electrons. The largest absolute Gasteiger partial charge is 0.378 e. The van der Waals surface area contributed by atoms with Gasteiger partial charge in [-0.05, 0) is 37.7 Å². The molecule has 0 atom stereocenters. The van der Waals surface area contributed by atoms with Crippen LogP contribution in [0.1, 0.15) is 16.3 Å². The van der Waals surface area contributed by atoms with Gasteiger partial charge in [0.05, 0.1) is 25.1 Å². The first-order valence-electron chi connectivity index (χ1n) is 10.7. The highest BCUT2D eigenvalue weighted by Crippen LogP contribution is 2.35. The first-order valence-corrected chi connectivity index (χ1v) is 12.4. The number of aromatic amines is 1. The van der Waals surface area contributed by atoms with Crippen LogP contribution in [0.4, 0.5) is 5.69 Å². The van der Waals surface area contributed by atoms with E-state index in [1.807, 2.05) is 5.38 Å². The molecule has 1 N–H and O–H groups in total. The average Bonchev–Trinajstić information content (AvgIpc) is 3.41. The standard InChI is InChI=1S/C24H26N4O2S2/c1-16-7-8-20(32-16)18-15-31-24-22(18)23(29)25-21(26-24)14-27(2)13-17-5-3-4-6-19(17)28-9-11-30-12-10-28/h3-8,15H,9-14H2,1-2H3,(H,25,26,29). The molecule has 4 aromatic rings. The lowest BCUT2D eigenvalue weighted by Crippen LogP contribution is -2.37. The van der Waals surface area contributed by atoms with Crippen LogP contribution in [0.3, 0.4) is 0 Å². The summed E-state index contributed by atoms with van der Waals surface area (Å²) in [4.78, 5) is 28.5. The average molecular weight is 467 g/mol. The fourth-order valence-corrected chi connectivity index (χ4v) is 6.11. The third-order valence-electron chi connectivity index (χ3n) is 5.70. The van der Waals surface area contributed by atoms with E-state index in [1.165, 1.54) is 27.5 Å². The number of H-pyrrole nitrogens is 1. The van der Waals surface area contributed by atoms with E-state index in [9.17, 15) is 4.79 Å². The van der Waals surface area contributed by atoms with Gasteiger partial charge in [0.15, 0.2) is 0 Å². The van der Waals surface area contributed by atoms with E-state index in [4.69, 9.17) is 9.72 Å². The molecule has 0 aliphatic carbocycles. The van der Waals surface area contributed by atoms with Crippen LogP contribution >= 0.6 is 22.7 Å². The highest BCUT2D eigenvalue weighted by molar-refractivity contribution is 7.19. The maximum atomic E-state index is 12.9. The second-order valence-corrected chi connectivity index (χ2v) is 10.3. The summed E-state index contributed by atoms with van der Waals surface area (Å²) < 4.78 is 5.51. The number of nitrogens with one attached hydrogen (secondary N) is 1. The fraction of sp³-hybridized carbons (Fsp3) is 0.333. The van der Waals surface area contributed by atoms with Crippen molar-refractivity contribution in [1.29, 1.82) is 0 Å². The monoisotopic (exact) mass is 466 g/mol. The number of morpholine rings is 1. The SMILES string of the molecule is Cc1ccc(-c2csc3nc(CN(C)Cc4ccccc4N4CCOCC4)[nH]c(=O)c23)s1. The van der Waals surface area contributed by atoms with Gasteiger partial charge in [-0.2, -0.15) is 0 Å². The Kier molecular flexibility index (Phi) is 6.10. The van der Waals surface area contributed by atoms with Gasteiger partial charge in [0.1, 0.15) is 10.7 Å². The Morgan fingerprint density at radius 3 is 2.75 bits per heavy atom. The van der Waals surface area contributed by atoms with Gasteiger partial charge in [-0.3, -0.25) is 9.69 Å². The molecule has 1 aliphatic rings. The molecule has 1 aliphatic heterocycles. The van der Waals surface area contributed by atoms with Crippen molar-refractivity contribution >= 4 is 38.6 Å². The Bertz CT molecular complexity index is 1290. The number of ether oxygens (including phenoxy) is 1. The number of benzene rings is 1. The van der Waals surface area contributed by atoms with Gasteiger partial charge < -0.3 is 14.6 Å². The van der Waals surface area contributed by atoms with Crippen molar-refractivity contribution in [3.05, 3.63) is 68.4 Å². The van der Waals surface area contributed by atoms with Crippen molar-refractivity contribution < 1.29 is 4.74 Å². The number of nitrogens with zero attached hydrogens (tertiary/aromatic N) is 3. The number of aromatic nitrogens is 2. The van der Waals surface area contributed by atoms with Gasteiger partial charge in [0.2, 0.25) is 0 Å². The zero-order valence-electron chi connectivity index (χ0n) is 18.3. The van der Waals surface area contributed by atoms with Gasteiger partial charge in [0, 0.05) is 46.0 Å². The van der Waals surface area contributed by atoms with E-state index < -0.39 is 0 Å². The highest BCUT2D eigenvalue weighted by Gasteiger charge is 2.17. The Morgan fingerprint density at radius 1 is 1.16 bits per heavy atom. The van der Waals surface area contributed by atoms with Crippen LogP contribution in [0.15, 0.2) is 46.6 Å². The molecule has 4 heterocycles. The molecule has 1 aromatic carbocycles. The number of fused-ring (bicyclic) bond motifs is 1. The van der Waals surface area contributed by atoms with Crippen molar-refractivity contribution in [3.8, 4) is 10.4 Å². The normalized spacial score (nSPS) is 14.5. The number of thiophene rings is 2. The van der Waals surface area contributed by atoms with Crippen molar-refractivity contribution in [2.75, 3.05) is 38.3 Å². The summed E-state index contributed by atoms with van der Waals surface area (Å²) in [6.45, 7) is 6.80. The summed E-state index contributed by atoms with van der Waals surface area (Å²) in [5.74, 6) is 0.699. The molecular weight excluding hydrogens is 440 g/mol. The number of hydrogen-bond acceptors (Lipinski definition) is 7. The molecule has 1 fully saturated rings. The van der Waals surface area contributed by atoms with Crippen molar-refractivity contribution in [1.82, 2.24) is 14.9 Å². The molecule has 8 heteroatoms. The number of para-hydroxylation sites is 1. The molecular formula is C24H26N4O2S2. The van der Waals surface area contributed by atoms with Crippen molar-refractivity contribution in [3.63, 3.8) is 0 Å². The Hall–Kier alpha value is -2.52. The van der Waals surface area contributed by atoms with Gasteiger partial charge in [0.25, 0.3) is 5.56 Å². The summed E-state index contributed by atoms with van der Waals surface area (Å²) >= 11 is 3.24. The minimum absolute atomic E-state index is 0.0607. The van der Waals surface area contributed by atoms with Crippen LogP contribution in [0, 0.1) is 6.92 Å². The van der Waals surface area contributed by atoms with E-state index in [2.05, 4.69) is 65.2 Å². The first kappa shape index (κ1) is 21.3. The lowest BCUT2D eigenvalue weighted by molar-refractivity contribution is 0.122. The molecule has 3 aromatic heterocycles. The van der Waals surface area contributed by atoms with Crippen LogP contribution in [0.25, 0.3) is 20.7 Å². The summed E-state index contributed by atoms with van der Waals surface area (Å²) in [7, 11) is 2.06. The lowest BCUT2D eigenvalue weighted by atomic mass is 10.1. The second kappa shape index (κ2) is 9.15. The summed E-state index contributed by atoms with van der Waals surface area (Å²) in [6.07, 6.45) is 0. The zero-order valence-corrected chi connectivity index (χ0v) is 19.9. The van der Waals surface area contributed by atoms with E-state index in [0.717, 1.165) is 48.1 Å². The summed E-state index contributed by atoms with van der Waals surface area (Å²) in [5, 5.41) is 2.74. The van der Waals surface area contributed by atoms with E-state index >= 15 is 0 Å². The summed E-state index contributed by atoms with van der Waals surface area (Å²) in [6, 6.07) is 12.7. The minimum atomic E-state index is -0.0607. The molecule has 0 unspecified atom stereocenters. The third kappa shape index (κ3) is 4.36. The maximum absolute atomic E-state index is 12.9. The maximum Gasteiger partial charge on any atom is 0.260 e. The second-order valence-electron chi connectivity index (χ2n) is 8.15. The Labute approximate surface area is 195 Å². The number of hydrogen-bond donors (Lipinski definition) is 1. The first-order chi connectivity index (χ1) is 15.6. The topological polar surface area (TPSA) is 61.5 Å². The summed E-state index contributed by atoms with van der Waals surface area (Å²) in [5.41, 5.74) is 3.45. The lowest BCUT2D eigenvalue weighted by Gasteiger charge is -2.31. The molecule has 32 heavy (non-hydrogen) atoms. The molecule has 0 amide bonds. The van der Waals surface area contributed by atoms with Crippen LogP contribution in [0.2, 0.25) is 0 Å². The van der Waals surface area contributed by atoms with Crippen LogP contribution in [-0.2, 0) is 17.8 Å². The van der Waals surface area contributed by atoms with Crippen LogP contribution < -0.4 is 10.5 Å². The molecule has 0 bridgehead atoms. The third-order valence-corrected chi connectivity index (χ3v) is 7.61. The Morgan fingerprint density at radius 2 is 1.97 bits per heavy atom. The minimum Gasteiger partial charge on any atom is -0.378 e. The quantitative estimate of drug-likeness (QED) is 0.454. The molecule has 5 rings (SSSR count). The van der Waals surface area contributed by atoms with Gasteiger partial charge in [-0.1, -0.05) is 18.2 Å². The zero-order chi connectivity index (χ0) is 22.1. The highest BCUT2D eigenvalue weighted by atomic mass is 32.1. The smallest absolute Gasteiger partial charge is 0.260 e. The van der Waals surface area contributed by atoms with Crippen LogP contribution in [-0.4, -0.2) is 48.2 Å². The van der Waals surface area contributed by atoms with Crippen molar-refractivity contribution in [2.24, 2.45) is 0 Å². The number of rotatable bonds is 6. The fourth-order valence-electron chi connectivity index (χ4n) is 4.19. The number of aryl methyl sites for hydroxylation is 1.